The summed E-state index contributed by atoms with van der Waals surface area (Å²) in [6.07, 6.45) is 2.04. The number of unbranched alkanes of at least 4 members (excludes halogenated alkanes) is 1. The van der Waals surface area contributed by atoms with E-state index in [4.69, 9.17) is 4.74 Å². The van der Waals surface area contributed by atoms with Crippen molar-refractivity contribution in [3.05, 3.63) is 29.8 Å². The molecule has 8 heteroatoms. The van der Waals surface area contributed by atoms with Gasteiger partial charge >= 0.3 is 0 Å². The second-order valence-corrected chi connectivity index (χ2v) is 5.95. The van der Waals surface area contributed by atoms with E-state index in [9.17, 15) is 8.78 Å². The van der Waals surface area contributed by atoms with E-state index in [1.165, 1.54) is 12.1 Å². The maximum absolute atomic E-state index is 13.9. The van der Waals surface area contributed by atoms with Gasteiger partial charge in [-0.15, -0.1) is 24.0 Å². The molecule has 0 atom stereocenters. The van der Waals surface area contributed by atoms with Crippen molar-refractivity contribution in [2.24, 2.45) is 4.99 Å². The van der Waals surface area contributed by atoms with Gasteiger partial charge in [0.25, 0.3) is 0 Å². The summed E-state index contributed by atoms with van der Waals surface area (Å²) < 4.78 is 32.6. The highest BCUT2D eigenvalue weighted by Gasteiger charge is 2.21. The summed E-state index contributed by atoms with van der Waals surface area (Å²) >= 11 is 0. The summed E-state index contributed by atoms with van der Waals surface area (Å²) in [5, 5.41) is 3.36. The fourth-order valence-corrected chi connectivity index (χ4v) is 2.89. The highest BCUT2D eigenvalue weighted by atomic mass is 127. The molecule has 1 aliphatic rings. The molecule has 0 spiro atoms. The van der Waals surface area contributed by atoms with Crippen LogP contribution in [0.4, 0.5) is 14.5 Å². The summed E-state index contributed by atoms with van der Waals surface area (Å²) in [5.74, 6) is 0.0609. The number of rotatable bonds is 7. The smallest absolute Gasteiger partial charge is 0.193 e. The molecule has 1 aromatic rings. The van der Waals surface area contributed by atoms with E-state index in [0.29, 0.717) is 31.9 Å². The minimum absolute atomic E-state index is 0. The second-order valence-electron chi connectivity index (χ2n) is 5.95. The molecular formula is C18H29F2IN4O. The SMILES string of the molecule is CCOCCCCNC(=NC)N1CCN(c2cc(F)ccc2F)CC1.I. The Hall–Kier alpha value is -1.16. The van der Waals surface area contributed by atoms with E-state index in [1.54, 1.807) is 7.05 Å². The van der Waals surface area contributed by atoms with Gasteiger partial charge in [0.05, 0.1) is 5.69 Å². The number of aliphatic imine (C=N–C) groups is 1. The molecule has 1 aliphatic heterocycles. The van der Waals surface area contributed by atoms with E-state index in [-0.39, 0.29) is 29.8 Å². The third-order valence-corrected chi connectivity index (χ3v) is 4.24. The van der Waals surface area contributed by atoms with Crippen LogP contribution >= 0.6 is 24.0 Å². The predicted molar refractivity (Wildman–Crippen MR) is 113 cm³/mol. The Kier molecular flexibility index (Phi) is 10.8. The Bertz CT molecular complexity index is 566. The number of halogens is 3. The number of anilines is 1. The standard InChI is InChI=1S/C18H28F2N4O.HI/c1-3-25-13-5-4-8-22-18(21-2)24-11-9-23(10-12-24)17-14-15(19)6-7-16(17)20;/h6-7,14H,3-5,8-13H2,1-2H3,(H,21,22);1H. The van der Waals surface area contributed by atoms with Crippen LogP contribution in [0.3, 0.4) is 0 Å². The zero-order chi connectivity index (χ0) is 18.1. The van der Waals surface area contributed by atoms with Crippen LogP contribution in [0.25, 0.3) is 0 Å². The molecule has 0 unspecified atom stereocenters. The Balaban J connectivity index is 0.00000338. The van der Waals surface area contributed by atoms with Crippen molar-refractivity contribution in [1.82, 2.24) is 10.2 Å². The number of nitrogens with zero attached hydrogens (tertiary/aromatic N) is 3. The highest BCUT2D eigenvalue weighted by Crippen LogP contribution is 2.21. The molecular weight excluding hydrogens is 453 g/mol. The maximum atomic E-state index is 13.9. The van der Waals surface area contributed by atoms with Crippen LogP contribution in [0.2, 0.25) is 0 Å². The molecule has 0 amide bonds. The van der Waals surface area contributed by atoms with Crippen molar-refractivity contribution in [3.63, 3.8) is 0 Å². The number of nitrogens with one attached hydrogen (secondary N) is 1. The molecule has 1 saturated heterocycles. The second kappa shape index (κ2) is 12.3. The lowest BCUT2D eigenvalue weighted by Crippen LogP contribution is -2.52. The molecule has 5 nitrogen and oxygen atoms in total. The third kappa shape index (κ3) is 6.86. The topological polar surface area (TPSA) is 40.1 Å². The van der Waals surface area contributed by atoms with E-state index in [1.807, 2.05) is 11.8 Å². The van der Waals surface area contributed by atoms with Crippen molar-refractivity contribution in [2.75, 3.05) is 57.9 Å². The van der Waals surface area contributed by atoms with Gasteiger partial charge in [0.1, 0.15) is 11.6 Å². The fourth-order valence-electron chi connectivity index (χ4n) is 2.89. The fraction of sp³-hybridized carbons (Fsp3) is 0.611. The average Bonchev–Trinajstić information content (AvgIpc) is 2.63. The molecule has 0 saturated carbocycles. The summed E-state index contributed by atoms with van der Waals surface area (Å²) in [6, 6.07) is 3.59. The first-order chi connectivity index (χ1) is 12.2. The molecule has 1 fully saturated rings. The third-order valence-electron chi connectivity index (χ3n) is 4.24. The first-order valence-electron chi connectivity index (χ1n) is 8.89. The van der Waals surface area contributed by atoms with E-state index in [0.717, 1.165) is 44.6 Å². The Morgan fingerprint density at radius 2 is 1.92 bits per heavy atom. The number of benzene rings is 1. The van der Waals surface area contributed by atoms with Crippen LogP contribution in [0, 0.1) is 11.6 Å². The first kappa shape index (κ1) is 22.9. The lowest BCUT2D eigenvalue weighted by atomic mass is 10.2. The Labute approximate surface area is 171 Å². The highest BCUT2D eigenvalue weighted by molar-refractivity contribution is 14.0. The van der Waals surface area contributed by atoms with Crippen LogP contribution in [-0.2, 0) is 4.74 Å². The van der Waals surface area contributed by atoms with Gasteiger partial charge in [-0.25, -0.2) is 8.78 Å². The number of guanidine groups is 1. The van der Waals surface area contributed by atoms with Crippen LogP contribution in [-0.4, -0.2) is 63.8 Å². The number of piperazine rings is 1. The first-order valence-corrected chi connectivity index (χ1v) is 8.89. The Morgan fingerprint density at radius 3 is 2.58 bits per heavy atom. The zero-order valence-electron chi connectivity index (χ0n) is 15.5. The number of hydrogen-bond acceptors (Lipinski definition) is 3. The van der Waals surface area contributed by atoms with Crippen molar-refractivity contribution < 1.29 is 13.5 Å². The molecule has 1 heterocycles. The van der Waals surface area contributed by atoms with Crippen molar-refractivity contribution in [2.45, 2.75) is 19.8 Å². The summed E-state index contributed by atoms with van der Waals surface area (Å²) in [5.41, 5.74) is 0.332. The van der Waals surface area contributed by atoms with Gasteiger partial charge in [0, 0.05) is 59.1 Å². The minimum Gasteiger partial charge on any atom is -0.382 e. The molecule has 0 bridgehead atoms. The lowest BCUT2D eigenvalue weighted by molar-refractivity contribution is 0.143. The molecule has 148 valence electrons. The van der Waals surface area contributed by atoms with Gasteiger partial charge in [-0.05, 0) is 31.9 Å². The van der Waals surface area contributed by atoms with E-state index < -0.39 is 5.82 Å². The maximum Gasteiger partial charge on any atom is 0.193 e. The van der Waals surface area contributed by atoms with Gasteiger partial charge in [-0.2, -0.15) is 0 Å². The molecule has 1 N–H and O–H groups in total. The molecule has 0 radical (unpaired) electrons. The van der Waals surface area contributed by atoms with Crippen LogP contribution in [0.1, 0.15) is 19.8 Å². The molecule has 0 aliphatic carbocycles. The normalized spacial score (nSPS) is 15.0. The zero-order valence-corrected chi connectivity index (χ0v) is 17.8. The van der Waals surface area contributed by atoms with Crippen LogP contribution < -0.4 is 10.2 Å². The van der Waals surface area contributed by atoms with Crippen LogP contribution in [0.15, 0.2) is 23.2 Å². The van der Waals surface area contributed by atoms with Gasteiger partial charge in [-0.1, -0.05) is 0 Å². The molecule has 0 aromatic heterocycles. The summed E-state index contributed by atoms with van der Waals surface area (Å²) in [6.45, 7) is 7.08. The monoisotopic (exact) mass is 482 g/mol. The summed E-state index contributed by atoms with van der Waals surface area (Å²) in [4.78, 5) is 8.35. The van der Waals surface area contributed by atoms with Crippen molar-refractivity contribution >= 4 is 35.6 Å². The number of hydrogen-bond donors (Lipinski definition) is 1. The Morgan fingerprint density at radius 1 is 1.19 bits per heavy atom. The predicted octanol–water partition coefficient (Wildman–Crippen LogP) is 3.10. The molecule has 1 aromatic carbocycles. The number of ether oxygens (including phenoxy) is 1. The molecule has 2 rings (SSSR count). The van der Waals surface area contributed by atoms with Crippen molar-refractivity contribution in [3.8, 4) is 0 Å². The van der Waals surface area contributed by atoms with Gasteiger partial charge < -0.3 is 19.9 Å². The van der Waals surface area contributed by atoms with Gasteiger partial charge in [-0.3, -0.25) is 4.99 Å². The largest absolute Gasteiger partial charge is 0.382 e. The van der Waals surface area contributed by atoms with Crippen LogP contribution in [0.5, 0.6) is 0 Å². The summed E-state index contributed by atoms with van der Waals surface area (Å²) in [7, 11) is 1.77. The quantitative estimate of drug-likeness (QED) is 0.281. The molecule has 26 heavy (non-hydrogen) atoms. The van der Waals surface area contributed by atoms with Crippen molar-refractivity contribution in [1.29, 1.82) is 0 Å². The average molecular weight is 482 g/mol. The van der Waals surface area contributed by atoms with Gasteiger partial charge in [0.15, 0.2) is 5.96 Å². The van der Waals surface area contributed by atoms with E-state index >= 15 is 0 Å². The van der Waals surface area contributed by atoms with Gasteiger partial charge in [0.2, 0.25) is 0 Å². The minimum atomic E-state index is -0.414. The van der Waals surface area contributed by atoms with E-state index in [2.05, 4.69) is 15.2 Å². The lowest BCUT2D eigenvalue weighted by Gasteiger charge is -2.37.